The Bertz CT molecular complexity index is 2000. The minimum absolute atomic E-state index is 0.0904. The summed E-state index contributed by atoms with van der Waals surface area (Å²) in [5, 5.41) is 21.1. The van der Waals surface area contributed by atoms with Gasteiger partial charge in [-0.3, -0.25) is 14.5 Å². The number of carbonyl (C=O) groups excluding carboxylic acids is 2. The highest BCUT2D eigenvalue weighted by Gasteiger charge is 2.48. The molecule has 0 saturated carbocycles. The van der Waals surface area contributed by atoms with Crippen molar-refractivity contribution in [1.29, 1.82) is 0 Å². The van der Waals surface area contributed by atoms with E-state index < -0.39 is 17.7 Å². The van der Waals surface area contributed by atoms with Crippen LogP contribution in [-0.4, -0.2) is 40.2 Å². The highest BCUT2D eigenvalue weighted by molar-refractivity contribution is 8.00. The number of amides is 1. The third-order valence-electron chi connectivity index (χ3n) is 7.59. The summed E-state index contributed by atoms with van der Waals surface area (Å²) in [6.07, 6.45) is 0. The normalized spacial score (nSPS) is 16.8. The van der Waals surface area contributed by atoms with Crippen molar-refractivity contribution in [2.75, 3.05) is 18.1 Å². The fourth-order valence-corrected chi connectivity index (χ4v) is 7.47. The Morgan fingerprint density at radius 3 is 2.55 bits per heavy atom. The van der Waals surface area contributed by atoms with Crippen molar-refractivity contribution < 1.29 is 28.9 Å². The summed E-state index contributed by atoms with van der Waals surface area (Å²) in [5.41, 5.74) is 2.69. The Hall–Kier alpha value is -4.84. The van der Waals surface area contributed by atoms with Crippen LogP contribution in [0.3, 0.4) is 0 Å². The van der Waals surface area contributed by atoms with E-state index in [1.807, 2.05) is 54.6 Å². The molecular formula is C35H26ClN3O6S2. The molecule has 0 radical (unpaired) electrons. The molecule has 47 heavy (non-hydrogen) atoms. The molecular weight excluding hydrogens is 658 g/mol. The smallest absolute Gasteiger partial charge is 0.301 e. The number of hydrogen-bond acceptors (Lipinski definition) is 10. The maximum atomic E-state index is 13.8. The monoisotopic (exact) mass is 683 g/mol. The van der Waals surface area contributed by atoms with Gasteiger partial charge in [-0.1, -0.05) is 95.4 Å². The number of aliphatic hydroxyl groups is 1. The molecule has 3 heterocycles. The number of carbonyl (C=O) groups is 2. The highest BCUT2D eigenvalue weighted by Crippen LogP contribution is 2.45. The summed E-state index contributed by atoms with van der Waals surface area (Å²) >= 11 is 8.94. The summed E-state index contributed by atoms with van der Waals surface area (Å²) in [4.78, 5) is 28.8. The van der Waals surface area contributed by atoms with E-state index in [0.717, 1.165) is 11.1 Å². The number of Topliss-reactive ketones (excluding diaryl/α,β-unsaturated/α-hetero) is 1. The molecule has 1 amide bonds. The lowest BCUT2D eigenvalue weighted by molar-refractivity contribution is -0.132. The number of ketones is 1. The molecule has 0 spiro atoms. The maximum absolute atomic E-state index is 13.8. The second kappa shape index (κ2) is 13.5. The summed E-state index contributed by atoms with van der Waals surface area (Å²) in [6, 6.07) is 28.3. The number of aliphatic hydroxyl groups excluding tert-OH is 1. The van der Waals surface area contributed by atoms with Crippen LogP contribution < -0.4 is 19.1 Å². The Morgan fingerprint density at radius 2 is 1.72 bits per heavy atom. The van der Waals surface area contributed by atoms with Gasteiger partial charge in [0.1, 0.15) is 31.3 Å². The molecule has 7 rings (SSSR count). The lowest BCUT2D eigenvalue weighted by Crippen LogP contribution is -2.29. The largest absolute Gasteiger partial charge is 0.507 e. The molecule has 1 N–H and O–H groups in total. The van der Waals surface area contributed by atoms with E-state index in [-0.39, 0.29) is 16.5 Å². The van der Waals surface area contributed by atoms with Gasteiger partial charge in [0.2, 0.25) is 5.13 Å². The first-order chi connectivity index (χ1) is 23.0. The van der Waals surface area contributed by atoms with Crippen LogP contribution in [0.15, 0.2) is 107 Å². The number of aromatic nitrogens is 2. The molecule has 1 fully saturated rings. The Kier molecular flexibility index (Phi) is 8.84. The maximum Gasteiger partial charge on any atom is 0.301 e. The lowest BCUT2D eigenvalue weighted by Gasteiger charge is -2.23. The molecule has 4 aromatic carbocycles. The van der Waals surface area contributed by atoms with E-state index in [1.54, 1.807) is 42.5 Å². The van der Waals surface area contributed by atoms with Gasteiger partial charge in [0, 0.05) is 16.3 Å². The van der Waals surface area contributed by atoms with Gasteiger partial charge in [0.15, 0.2) is 15.8 Å². The van der Waals surface area contributed by atoms with Crippen LogP contribution >= 0.6 is 34.7 Å². The lowest BCUT2D eigenvalue weighted by atomic mass is 9.95. The number of fused-ring (bicyclic) bond motifs is 1. The van der Waals surface area contributed by atoms with Gasteiger partial charge in [0.25, 0.3) is 5.78 Å². The fourth-order valence-electron chi connectivity index (χ4n) is 5.32. The third kappa shape index (κ3) is 6.42. The van der Waals surface area contributed by atoms with E-state index in [2.05, 4.69) is 10.2 Å². The minimum atomic E-state index is -1.02. The fraction of sp³-hybridized carbons (Fsp3) is 0.143. The van der Waals surface area contributed by atoms with Crippen LogP contribution in [0.2, 0.25) is 5.02 Å². The average Bonchev–Trinajstić information content (AvgIpc) is 3.68. The van der Waals surface area contributed by atoms with Gasteiger partial charge >= 0.3 is 5.91 Å². The Balaban J connectivity index is 1.26. The quantitative estimate of drug-likeness (QED) is 0.0556. The zero-order valence-electron chi connectivity index (χ0n) is 24.7. The average molecular weight is 684 g/mol. The standard InChI is InChI=1S/C35H26ClN3O6S2/c36-26-12-5-4-9-24(26)20-46-35-38-37-34(47-35)39-30(22-10-6-11-25(17-22)45-19-21-7-2-1-3-8-21)29(32(41)33(39)42)31(40)23-13-14-27-28(18-23)44-16-15-43-27/h1-14,17-18,30,40H,15-16,19-20H2. The molecule has 0 bridgehead atoms. The van der Waals surface area contributed by atoms with E-state index in [4.69, 9.17) is 25.8 Å². The number of halogens is 1. The van der Waals surface area contributed by atoms with Crippen molar-refractivity contribution in [2.45, 2.75) is 22.7 Å². The van der Waals surface area contributed by atoms with Crippen LogP contribution in [-0.2, 0) is 21.9 Å². The summed E-state index contributed by atoms with van der Waals surface area (Å²) in [7, 11) is 0. The number of benzene rings is 4. The van der Waals surface area contributed by atoms with Crippen LogP contribution in [0.4, 0.5) is 5.13 Å². The summed E-state index contributed by atoms with van der Waals surface area (Å²) in [6.45, 7) is 1.09. The molecule has 12 heteroatoms. The predicted molar refractivity (Wildman–Crippen MR) is 180 cm³/mol. The van der Waals surface area contributed by atoms with Gasteiger partial charge in [-0.15, -0.1) is 10.2 Å². The zero-order valence-corrected chi connectivity index (χ0v) is 27.1. The van der Waals surface area contributed by atoms with Crippen molar-refractivity contribution in [2.24, 2.45) is 0 Å². The molecule has 1 atom stereocenters. The molecule has 2 aliphatic rings. The summed E-state index contributed by atoms with van der Waals surface area (Å²) < 4.78 is 18.0. The van der Waals surface area contributed by atoms with Crippen molar-refractivity contribution in [3.8, 4) is 17.2 Å². The van der Waals surface area contributed by atoms with E-state index in [0.29, 0.717) is 63.3 Å². The molecule has 1 saturated heterocycles. The van der Waals surface area contributed by atoms with Crippen LogP contribution in [0.1, 0.15) is 28.3 Å². The molecule has 236 valence electrons. The van der Waals surface area contributed by atoms with Crippen molar-refractivity contribution in [3.63, 3.8) is 0 Å². The first-order valence-electron chi connectivity index (χ1n) is 14.6. The topological polar surface area (TPSA) is 111 Å². The number of hydrogen-bond donors (Lipinski definition) is 1. The van der Waals surface area contributed by atoms with Gasteiger partial charge in [-0.2, -0.15) is 0 Å². The number of anilines is 1. The summed E-state index contributed by atoms with van der Waals surface area (Å²) in [5.74, 6) is 0.0183. The molecule has 0 aliphatic carbocycles. The van der Waals surface area contributed by atoms with Gasteiger partial charge in [-0.25, -0.2) is 0 Å². The Morgan fingerprint density at radius 1 is 0.936 bits per heavy atom. The molecule has 1 aromatic heterocycles. The first kappa shape index (κ1) is 30.8. The van der Waals surface area contributed by atoms with E-state index >= 15 is 0 Å². The SMILES string of the molecule is O=C1C(=O)N(c2nnc(SCc3ccccc3Cl)s2)C(c2cccc(OCc3ccccc3)c2)C1=C(O)c1ccc2c(c1)OCCO2. The van der Waals surface area contributed by atoms with Crippen molar-refractivity contribution in [3.05, 3.63) is 130 Å². The van der Waals surface area contributed by atoms with Crippen LogP contribution in [0, 0.1) is 0 Å². The van der Waals surface area contributed by atoms with Gasteiger partial charge in [0.05, 0.1) is 11.6 Å². The first-order valence-corrected chi connectivity index (χ1v) is 16.8. The molecule has 1 unspecified atom stereocenters. The van der Waals surface area contributed by atoms with Crippen LogP contribution in [0.25, 0.3) is 5.76 Å². The predicted octanol–water partition coefficient (Wildman–Crippen LogP) is 7.46. The van der Waals surface area contributed by atoms with Crippen molar-refractivity contribution >= 4 is 57.3 Å². The number of nitrogens with zero attached hydrogens (tertiary/aromatic N) is 3. The minimum Gasteiger partial charge on any atom is -0.507 e. The number of ether oxygens (including phenoxy) is 3. The zero-order chi connectivity index (χ0) is 32.3. The number of rotatable bonds is 9. The number of thioether (sulfide) groups is 1. The molecule has 2 aliphatic heterocycles. The molecule has 5 aromatic rings. The Labute approximate surface area is 283 Å². The molecule has 9 nitrogen and oxygen atoms in total. The van der Waals surface area contributed by atoms with E-state index in [1.165, 1.54) is 28.0 Å². The highest BCUT2D eigenvalue weighted by atomic mass is 35.5. The third-order valence-corrected chi connectivity index (χ3v) is 10.1. The second-order valence-corrected chi connectivity index (χ2v) is 13.2. The van der Waals surface area contributed by atoms with Crippen molar-refractivity contribution in [1.82, 2.24) is 10.2 Å². The second-order valence-electron chi connectivity index (χ2n) is 10.6. The van der Waals surface area contributed by atoms with Gasteiger partial charge in [-0.05, 0) is 53.1 Å². The van der Waals surface area contributed by atoms with E-state index in [9.17, 15) is 14.7 Å². The van der Waals surface area contributed by atoms with Crippen LogP contribution in [0.5, 0.6) is 17.2 Å². The van der Waals surface area contributed by atoms with Gasteiger partial charge < -0.3 is 19.3 Å².